The van der Waals surface area contributed by atoms with Crippen molar-refractivity contribution in [2.75, 3.05) is 0 Å². The van der Waals surface area contributed by atoms with E-state index < -0.39 is 6.04 Å². The van der Waals surface area contributed by atoms with Gasteiger partial charge in [-0.15, -0.1) is 0 Å². The zero-order valence-corrected chi connectivity index (χ0v) is 11.7. The highest BCUT2D eigenvalue weighted by Gasteiger charge is 2.17. The van der Waals surface area contributed by atoms with Crippen molar-refractivity contribution in [1.29, 1.82) is 0 Å². The number of carbonyl (C=O) groups excluding carboxylic acids is 2. The quantitative estimate of drug-likeness (QED) is 0.783. The Morgan fingerprint density at radius 1 is 1.20 bits per heavy atom. The molecule has 0 aliphatic carbocycles. The van der Waals surface area contributed by atoms with Crippen LogP contribution in [0.1, 0.15) is 31.1 Å². The Morgan fingerprint density at radius 3 is 2.65 bits per heavy atom. The number of hydrogen-bond acceptors (Lipinski definition) is 3. The molecule has 2 amide bonds. The molecule has 0 radical (unpaired) electrons. The first kappa shape index (κ1) is 14.0. The summed E-state index contributed by atoms with van der Waals surface area (Å²) in [5, 5.41) is 13.1. The molecule has 1 atom stereocenters. The third-order valence-corrected chi connectivity index (χ3v) is 2.88. The number of hydrogen-bond donors (Lipinski definition) is 3. The summed E-state index contributed by atoms with van der Waals surface area (Å²) in [6.45, 7) is 5.40. The van der Waals surface area contributed by atoms with Crippen LogP contribution in [-0.4, -0.2) is 34.1 Å². The lowest BCUT2D eigenvalue weighted by molar-refractivity contribution is -0.123. The molecule has 1 unspecified atom stereocenters. The summed E-state index contributed by atoms with van der Waals surface area (Å²) in [7, 11) is 0. The topological polar surface area (TPSA) is 86.9 Å². The maximum absolute atomic E-state index is 12.1. The van der Waals surface area contributed by atoms with Gasteiger partial charge in [0.25, 0.3) is 5.91 Å². The van der Waals surface area contributed by atoms with Crippen molar-refractivity contribution in [3.63, 3.8) is 0 Å². The van der Waals surface area contributed by atoms with Crippen LogP contribution in [0.15, 0.2) is 24.4 Å². The van der Waals surface area contributed by atoms with Gasteiger partial charge in [-0.1, -0.05) is 6.07 Å². The average molecular weight is 274 g/mol. The average Bonchev–Trinajstić information content (AvgIpc) is 2.84. The summed E-state index contributed by atoms with van der Waals surface area (Å²) in [5.41, 5.74) is 1.28. The lowest BCUT2D eigenvalue weighted by atomic mass is 10.1. The van der Waals surface area contributed by atoms with E-state index in [2.05, 4.69) is 20.8 Å². The number of aromatic nitrogens is 2. The van der Waals surface area contributed by atoms with Crippen LogP contribution < -0.4 is 10.6 Å². The minimum atomic E-state index is -0.581. The molecule has 0 saturated heterocycles. The summed E-state index contributed by atoms with van der Waals surface area (Å²) >= 11 is 0. The molecule has 2 rings (SSSR count). The molecule has 6 nitrogen and oxygen atoms in total. The molecule has 0 aliphatic rings. The molecule has 0 spiro atoms. The van der Waals surface area contributed by atoms with E-state index in [-0.39, 0.29) is 17.9 Å². The van der Waals surface area contributed by atoms with Crippen molar-refractivity contribution >= 4 is 22.7 Å². The first-order chi connectivity index (χ1) is 9.47. The summed E-state index contributed by atoms with van der Waals surface area (Å²) < 4.78 is 0. The van der Waals surface area contributed by atoms with E-state index in [0.717, 1.165) is 10.9 Å². The summed E-state index contributed by atoms with van der Waals surface area (Å²) in [4.78, 5) is 23.8. The first-order valence-electron chi connectivity index (χ1n) is 6.51. The van der Waals surface area contributed by atoms with Gasteiger partial charge in [-0.2, -0.15) is 5.10 Å². The molecule has 20 heavy (non-hydrogen) atoms. The predicted octanol–water partition coefficient (Wildman–Crippen LogP) is 1.21. The maximum Gasteiger partial charge on any atom is 0.251 e. The number of fused-ring (bicyclic) bond motifs is 1. The number of amides is 2. The van der Waals surface area contributed by atoms with Crippen LogP contribution in [-0.2, 0) is 4.79 Å². The second-order valence-corrected chi connectivity index (χ2v) is 5.03. The molecule has 0 aliphatic heterocycles. The second kappa shape index (κ2) is 5.73. The Labute approximate surface area is 116 Å². The molecule has 0 saturated carbocycles. The fourth-order valence-corrected chi connectivity index (χ4v) is 1.83. The molecule has 6 heteroatoms. The van der Waals surface area contributed by atoms with Crippen LogP contribution >= 0.6 is 0 Å². The van der Waals surface area contributed by atoms with Gasteiger partial charge in [0.2, 0.25) is 5.91 Å². The van der Waals surface area contributed by atoms with Gasteiger partial charge < -0.3 is 10.6 Å². The highest BCUT2D eigenvalue weighted by Crippen LogP contribution is 2.12. The predicted molar refractivity (Wildman–Crippen MR) is 76.3 cm³/mol. The van der Waals surface area contributed by atoms with Gasteiger partial charge >= 0.3 is 0 Å². The van der Waals surface area contributed by atoms with E-state index in [1.165, 1.54) is 0 Å². The van der Waals surface area contributed by atoms with E-state index in [1.54, 1.807) is 25.3 Å². The normalized spacial score (nSPS) is 12.4. The zero-order chi connectivity index (χ0) is 14.7. The third-order valence-electron chi connectivity index (χ3n) is 2.88. The number of H-pyrrole nitrogens is 1. The van der Waals surface area contributed by atoms with Crippen LogP contribution in [0.25, 0.3) is 10.9 Å². The molecular weight excluding hydrogens is 256 g/mol. The molecular formula is C14H18N4O2. The Kier molecular flexibility index (Phi) is 4.02. The van der Waals surface area contributed by atoms with E-state index in [0.29, 0.717) is 5.56 Å². The van der Waals surface area contributed by atoms with Gasteiger partial charge in [0.15, 0.2) is 0 Å². The van der Waals surface area contributed by atoms with Crippen molar-refractivity contribution in [2.45, 2.75) is 32.9 Å². The van der Waals surface area contributed by atoms with Crippen LogP contribution in [0.4, 0.5) is 0 Å². The lowest BCUT2D eigenvalue weighted by Crippen LogP contribution is -2.46. The Bertz CT molecular complexity index is 633. The highest BCUT2D eigenvalue weighted by atomic mass is 16.2. The van der Waals surface area contributed by atoms with Crippen molar-refractivity contribution in [2.24, 2.45) is 0 Å². The Morgan fingerprint density at radius 2 is 1.95 bits per heavy atom. The monoisotopic (exact) mass is 274 g/mol. The second-order valence-electron chi connectivity index (χ2n) is 5.03. The first-order valence-corrected chi connectivity index (χ1v) is 6.51. The molecule has 1 aromatic heterocycles. The number of rotatable bonds is 4. The van der Waals surface area contributed by atoms with E-state index in [9.17, 15) is 9.59 Å². The molecule has 1 aromatic carbocycles. The van der Waals surface area contributed by atoms with E-state index >= 15 is 0 Å². The summed E-state index contributed by atoms with van der Waals surface area (Å²) in [6, 6.07) is 4.70. The number of aromatic amines is 1. The van der Waals surface area contributed by atoms with Crippen LogP contribution in [0.3, 0.4) is 0 Å². The number of nitrogens with zero attached hydrogens (tertiary/aromatic N) is 1. The van der Waals surface area contributed by atoms with Crippen molar-refractivity contribution < 1.29 is 9.59 Å². The van der Waals surface area contributed by atoms with Crippen molar-refractivity contribution in [3.05, 3.63) is 30.0 Å². The van der Waals surface area contributed by atoms with Crippen molar-refractivity contribution in [1.82, 2.24) is 20.8 Å². The molecule has 2 aromatic rings. The van der Waals surface area contributed by atoms with E-state index in [4.69, 9.17) is 0 Å². The van der Waals surface area contributed by atoms with Crippen LogP contribution in [0, 0.1) is 0 Å². The summed E-state index contributed by atoms with van der Waals surface area (Å²) in [5.74, 6) is -0.483. The molecule has 0 fully saturated rings. The third kappa shape index (κ3) is 3.14. The number of carbonyl (C=O) groups is 2. The number of nitrogens with one attached hydrogen (secondary N) is 3. The van der Waals surface area contributed by atoms with Crippen LogP contribution in [0.5, 0.6) is 0 Å². The largest absolute Gasteiger partial charge is 0.352 e. The van der Waals surface area contributed by atoms with E-state index in [1.807, 2.05) is 19.9 Å². The van der Waals surface area contributed by atoms with Gasteiger partial charge in [-0.05, 0) is 32.9 Å². The lowest BCUT2D eigenvalue weighted by Gasteiger charge is -2.16. The Hall–Kier alpha value is -2.37. The Balaban J connectivity index is 2.05. The van der Waals surface area contributed by atoms with Gasteiger partial charge in [0.1, 0.15) is 6.04 Å². The van der Waals surface area contributed by atoms with Gasteiger partial charge in [-0.25, -0.2) is 0 Å². The molecule has 1 heterocycles. The van der Waals surface area contributed by atoms with Gasteiger partial charge in [0.05, 0.1) is 11.7 Å². The van der Waals surface area contributed by atoms with Crippen LogP contribution in [0.2, 0.25) is 0 Å². The zero-order valence-electron chi connectivity index (χ0n) is 11.7. The summed E-state index contributed by atoms with van der Waals surface area (Å²) in [6.07, 6.45) is 1.69. The molecule has 106 valence electrons. The SMILES string of the molecule is CC(C)NC(=O)C(C)NC(=O)c1ccc2cn[nH]c2c1. The van der Waals surface area contributed by atoms with Gasteiger partial charge in [-0.3, -0.25) is 14.7 Å². The fraction of sp³-hybridized carbons (Fsp3) is 0.357. The maximum atomic E-state index is 12.1. The molecule has 3 N–H and O–H groups in total. The fourth-order valence-electron chi connectivity index (χ4n) is 1.83. The van der Waals surface area contributed by atoms with Gasteiger partial charge in [0, 0.05) is 17.0 Å². The van der Waals surface area contributed by atoms with Crippen molar-refractivity contribution in [3.8, 4) is 0 Å². The smallest absolute Gasteiger partial charge is 0.251 e. The molecule has 0 bridgehead atoms. The standard InChI is InChI=1S/C14H18N4O2/c1-8(2)16-13(19)9(3)17-14(20)10-4-5-11-7-15-18-12(11)6-10/h4-9H,1-3H3,(H,15,18)(H,16,19)(H,17,20). The number of benzene rings is 1. The minimum Gasteiger partial charge on any atom is -0.352 e. The minimum absolute atomic E-state index is 0.0446. The highest BCUT2D eigenvalue weighted by molar-refractivity contribution is 5.99.